The second-order valence-corrected chi connectivity index (χ2v) is 1.97. The summed E-state index contributed by atoms with van der Waals surface area (Å²) in [4.78, 5) is 20.6. The molecule has 0 aliphatic rings. The molecule has 0 bridgehead atoms. The highest BCUT2D eigenvalue weighted by Crippen LogP contribution is 1.92. The number of hydrogen-bond acceptors (Lipinski definition) is 2. The van der Waals surface area contributed by atoms with Gasteiger partial charge in [-0.05, 0) is 12.5 Å². The fourth-order valence-corrected chi connectivity index (χ4v) is 0.492. The number of carboxylic acids is 1. The smallest absolute Gasteiger partial charge is 0.328 e. The van der Waals surface area contributed by atoms with Crippen molar-refractivity contribution >= 4 is 11.8 Å². The zero-order valence-corrected chi connectivity index (χ0v) is 6.12. The average molecular weight is 154 g/mol. The van der Waals surface area contributed by atoms with Crippen LogP contribution in [0.2, 0.25) is 0 Å². The summed E-state index contributed by atoms with van der Waals surface area (Å²) < 4.78 is 0. The lowest BCUT2D eigenvalue weighted by Gasteiger charge is -1.87. The molecule has 0 amide bonds. The molecule has 0 saturated carbocycles. The van der Waals surface area contributed by atoms with E-state index in [9.17, 15) is 9.59 Å². The maximum Gasteiger partial charge on any atom is 0.328 e. The molecule has 11 heavy (non-hydrogen) atoms. The Morgan fingerprint density at radius 2 is 2.00 bits per heavy atom. The van der Waals surface area contributed by atoms with E-state index in [-0.39, 0.29) is 5.78 Å². The minimum Gasteiger partial charge on any atom is -0.478 e. The molecule has 1 N–H and O–H groups in total. The van der Waals surface area contributed by atoms with Gasteiger partial charge in [0.1, 0.15) is 0 Å². The summed E-state index contributed by atoms with van der Waals surface area (Å²) >= 11 is 0. The number of carbonyl (C=O) groups is 2. The van der Waals surface area contributed by atoms with Crippen LogP contribution in [0.3, 0.4) is 0 Å². The van der Waals surface area contributed by atoms with E-state index in [4.69, 9.17) is 5.11 Å². The lowest BCUT2D eigenvalue weighted by Crippen LogP contribution is -1.94. The minimum atomic E-state index is -1.10. The first-order chi connectivity index (χ1) is 5.16. The molecule has 0 aliphatic heterocycles. The van der Waals surface area contributed by atoms with Gasteiger partial charge in [-0.25, -0.2) is 4.79 Å². The summed E-state index contributed by atoms with van der Waals surface area (Å²) in [7, 11) is 0. The van der Waals surface area contributed by atoms with Crippen molar-refractivity contribution in [3.05, 3.63) is 24.8 Å². The van der Waals surface area contributed by atoms with Crippen LogP contribution >= 0.6 is 0 Å². The summed E-state index contributed by atoms with van der Waals surface area (Å²) in [6, 6.07) is 0. The second-order valence-electron chi connectivity index (χ2n) is 1.97. The Kier molecular flexibility index (Phi) is 4.73. The highest BCUT2D eigenvalue weighted by Gasteiger charge is 1.94. The first-order valence-electron chi connectivity index (χ1n) is 3.21. The van der Waals surface area contributed by atoms with Gasteiger partial charge in [0.05, 0.1) is 0 Å². The average Bonchev–Trinajstić information content (AvgIpc) is 1.97. The van der Waals surface area contributed by atoms with Crippen molar-refractivity contribution in [2.24, 2.45) is 0 Å². The molecule has 0 fully saturated rings. The predicted molar refractivity (Wildman–Crippen MR) is 41.2 cm³/mol. The molecule has 0 saturated heterocycles. The predicted octanol–water partition coefficient (Wildman–Crippen LogP) is 1.16. The lowest BCUT2D eigenvalue weighted by atomic mass is 10.2. The summed E-state index contributed by atoms with van der Waals surface area (Å²) in [6.45, 7) is 3.44. The Bertz CT molecular complexity index is 192. The SMILES string of the molecule is C=CCCC(=O)/C=C/C(=O)O. The molecule has 0 unspecified atom stereocenters. The molecule has 60 valence electrons. The molecule has 0 aromatic carbocycles. The van der Waals surface area contributed by atoms with Crippen molar-refractivity contribution < 1.29 is 14.7 Å². The number of carbonyl (C=O) groups excluding carboxylic acids is 1. The highest BCUT2D eigenvalue weighted by atomic mass is 16.4. The van der Waals surface area contributed by atoms with Crippen molar-refractivity contribution in [2.45, 2.75) is 12.8 Å². The molecule has 0 aromatic rings. The molecule has 3 nitrogen and oxygen atoms in total. The molecule has 3 heteroatoms. The fraction of sp³-hybridized carbons (Fsp3) is 0.250. The van der Waals surface area contributed by atoms with E-state index < -0.39 is 5.97 Å². The maximum absolute atomic E-state index is 10.7. The Hall–Kier alpha value is -1.38. The van der Waals surface area contributed by atoms with Crippen molar-refractivity contribution in [1.29, 1.82) is 0 Å². The number of allylic oxidation sites excluding steroid dienone is 2. The van der Waals surface area contributed by atoms with Crippen LogP contribution in [0, 0.1) is 0 Å². The standard InChI is InChI=1S/C8H10O3/c1-2-3-4-7(9)5-6-8(10)11/h2,5-6H,1,3-4H2,(H,10,11)/b6-5+. The first kappa shape index (κ1) is 9.62. The molecule has 0 aliphatic carbocycles. The van der Waals surface area contributed by atoms with Gasteiger partial charge in [-0.2, -0.15) is 0 Å². The molecular formula is C8H10O3. The van der Waals surface area contributed by atoms with Crippen LogP contribution in [0.1, 0.15) is 12.8 Å². The second kappa shape index (κ2) is 5.41. The van der Waals surface area contributed by atoms with E-state index in [2.05, 4.69) is 6.58 Å². The Morgan fingerprint density at radius 1 is 1.36 bits per heavy atom. The van der Waals surface area contributed by atoms with E-state index in [0.717, 1.165) is 12.2 Å². The van der Waals surface area contributed by atoms with Gasteiger partial charge in [0.15, 0.2) is 5.78 Å². The van der Waals surface area contributed by atoms with Crippen LogP contribution in [0.15, 0.2) is 24.8 Å². The third kappa shape index (κ3) is 6.51. The first-order valence-corrected chi connectivity index (χ1v) is 3.21. The minimum absolute atomic E-state index is 0.188. The van der Waals surface area contributed by atoms with Crippen LogP contribution in [0.4, 0.5) is 0 Å². The number of ketones is 1. The Labute approximate surface area is 65.0 Å². The van der Waals surface area contributed by atoms with Crippen LogP contribution in [-0.4, -0.2) is 16.9 Å². The third-order valence-electron chi connectivity index (χ3n) is 1.01. The van der Waals surface area contributed by atoms with E-state index in [1.54, 1.807) is 6.08 Å². The van der Waals surface area contributed by atoms with Crippen molar-refractivity contribution in [3.63, 3.8) is 0 Å². The molecule has 0 atom stereocenters. The number of aliphatic carboxylic acids is 1. The van der Waals surface area contributed by atoms with E-state index in [1.165, 1.54) is 0 Å². The normalized spacial score (nSPS) is 9.82. The summed E-state index contributed by atoms with van der Waals surface area (Å²) in [5.41, 5.74) is 0. The van der Waals surface area contributed by atoms with Crippen LogP contribution in [0.5, 0.6) is 0 Å². The third-order valence-corrected chi connectivity index (χ3v) is 1.01. The van der Waals surface area contributed by atoms with E-state index in [0.29, 0.717) is 12.8 Å². The monoisotopic (exact) mass is 154 g/mol. The summed E-state index contributed by atoms with van der Waals surface area (Å²) in [6.07, 6.45) is 4.43. The van der Waals surface area contributed by atoms with Gasteiger partial charge in [-0.3, -0.25) is 4.79 Å². The molecule has 0 aromatic heterocycles. The van der Waals surface area contributed by atoms with Gasteiger partial charge in [0.2, 0.25) is 0 Å². The summed E-state index contributed by atoms with van der Waals surface area (Å²) in [5, 5.41) is 8.13. The van der Waals surface area contributed by atoms with Crippen molar-refractivity contribution in [2.75, 3.05) is 0 Å². The van der Waals surface area contributed by atoms with Gasteiger partial charge in [0.25, 0.3) is 0 Å². The highest BCUT2D eigenvalue weighted by molar-refractivity contribution is 5.95. The van der Waals surface area contributed by atoms with Crippen LogP contribution in [0.25, 0.3) is 0 Å². The molecular weight excluding hydrogens is 144 g/mol. The van der Waals surface area contributed by atoms with Gasteiger partial charge >= 0.3 is 5.97 Å². The lowest BCUT2D eigenvalue weighted by molar-refractivity contribution is -0.131. The summed E-state index contributed by atoms with van der Waals surface area (Å²) in [5.74, 6) is -1.29. The van der Waals surface area contributed by atoms with E-state index in [1.807, 2.05) is 0 Å². The van der Waals surface area contributed by atoms with Gasteiger partial charge < -0.3 is 5.11 Å². The van der Waals surface area contributed by atoms with E-state index >= 15 is 0 Å². The van der Waals surface area contributed by atoms with Gasteiger partial charge in [-0.15, -0.1) is 6.58 Å². The molecule has 0 radical (unpaired) electrons. The van der Waals surface area contributed by atoms with Gasteiger partial charge in [0, 0.05) is 12.5 Å². The number of hydrogen-bond donors (Lipinski definition) is 1. The number of rotatable bonds is 5. The maximum atomic E-state index is 10.7. The zero-order chi connectivity index (χ0) is 8.69. The van der Waals surface area contributed by atoms with Crippen LogP contribution in [-0.2, 0) is 9.59 Å². The zero-order valence-electron chi connectivity index (χ0n) is 6.12. The van der Waals surface area contributed by atoms with Crippen molar-refractivity contribution in [1.82, 2.24) is 0 Å². The quantitative estimate of drug-likeness (QED) is 0.477. The van der Waals surface area contributed by atoms with Gasteiger partial charge in [-0.1, -0.05) is 6.08 Å². The Morgan fingerprint density at radius 3 is 2.45 bits per heavy atom. The Balaban J connectivity index is 3.68. The molecule has 0 heterocycles. The fourth-order valence-electron chi connectivity index (χ4n) is 0.492. The van der Waals surface area contributed by atoms with Crippen LogP contribution < -0.4 is 0 Å². The number of carboxylic acid groups (broad SMARTS) is 1. The van der Waals surface area contributed by atoms with Crippen molar-refractivity contribution in [3.8, 4) is 0 Å². The molecule has 0 spiro atoms. The largest absolute Gasteiger partial charge is 0.478 e. The molecule has 0 rings (SSSR count). The topological polar surface area (TPSA) is 54.4 Å².